The average Bonchev–Trinajstić information content (AvgIpc) is 3.44. The van der Waals surface area contributed by atoms with Gasteiger partial charge in [-0.2, -0.15) is 9.29 Å². The van der Waals surface area contributed by atoms with Gasteiger partial charge in [0.05, 0.1) is 43.2 Å². The van der Waals surface area contributed by atoms with Gasteiger partial charge in [-0.1, -0.05) is 11.3 Å². The number of fused-ring (bicyclic) bond motifs is 2. The number of nitrogens with zero attached hydrogens (tertiary/aromatic N) is 7. The minimum Gasteiger partial charge on any atom is -0.479 e. The Morgan fingerprint density at radius 1 is 1.26 bits per heavy atom. The highest BCUT2D eigenvalue weighted by Crippen LogP contribution is 2.36. The van der Waals surface area contributed by atoms with E-state index in [9.17, 15) is 26.0 Å². The van der Waals surface area contributed by atoms with Crippen LogP contribution < -0.4 is 10.1 Å². The second-order valence-corrected chi connectivity index (χ2v) is 11.1. The third kappa shape index (κ3) is 4.84. The van der Waals surface area contributed by atoms with E-state index in [0.29, 0.717) is 9.82 Å². The molecule has 3 aromatic heterocycles. The van der Waals surface area contributed by atoms with E-state index in [1.165, 1.54) is 25.3 Å². The first-order chi connectivity index (χ1) is 18.5. The Kier molecular flexibility index (Phi) is 6.82. The van der Waals surface area contributed by atoms with Crippen molar-refractivity contribution in [3.8, 4) is 17.0 Å². The second-order valence-electron chi connectivity index (χ2n) is 9.13. The molecule has 1 N–H and O–H groups in total. The molecule has 4 aromatic rings. The minimum absolute atomic E-state index is 0.00288. The van der Waals surface area contributed by atoms with Crippen LogP contribution in [0.5, 0.6) is 5.88 Å². The number of halogens is 5. The lowest BCUT2D eigenvalue weighted by Crippen LogP contribution is -2.55. The van der Waals surface area contributed by atoms with Crippen LogP contribution in [0.15, 0.2) is 24.4 Å². The molecule has 0 radical (unpaired) electrons. The molecule has 1 aliphatic rings. The summed E-state index contributed by atoms with van der Waals surface area (Å²) in [6.45, 7) is -3.18. The van der Waals surface area contributed by atoms with E-state index in [4.69, 9.17) is 4.74 Å². The molecule has 0 aliphatic carbocycles. The molecule has 1 aliphatic heterocycles. The summed E-state index contributed by atoms with van der Waals surface area (Å²) in [5, 5.41) is 14.4. The first-order valence-corrected chi connectivity index (χ1v) is 13.5. The van der Waals surface area contributed by atoms with Crippen LogP contribution in [0.1, 0.15) is 12.5 Å². The van der Waals surface area contributed by atoms with E-state index in [2.05, 4.69) is 25.7 Å². The van der Waals surface area contributed by atoms with Gasteiger partial charge in [0.25, 0.3) is 5.92 Å². The van der Waals surface area contributed by atoms with Gasteiger partial charge in [0.15, 0.2) is 5.82 Å². The lowest BCUT2D eigenvalue weighted by Gasteiger charge is -2.37. The van der Waals surface area contributed by atoms with Crippen LogP contribution >= 0.6 is 0 Å². The minimum atomic E-state index is -3.80. The number of aromatic nitrogens is 6. The molecule has 39 heavy (non-hydrogen) atoms. The average molecular weight is 575 g/mol. The van der Waals surface area contributed by atoms with Crippen molar-refractivity contribution in [2.45, 2.75) is 24.4 Å². The molecule has 11 nitrogen and oxygen atoms in total. The summed E-state index contributed by atoms with van der Waals surface area (Å²) in [5.41, 5.74) is 0.964. The van der Waals surface area contributed by atoms with Gasteiger partial charge < -0.3 is 10.1 Å². The van der Waals surface area contributed by atoms with Gasteiger partial charge in [0, 0.05) is 6.54 Å². The monoisotopic (exact) mass is 574 g/mol. The lowest BCUT2D eigenvalue weighted by molar-refractivity contribution is -0.0541. The van der Waals surface area contributed by atoms with Gasteiger partial charge in [-0.25, -0.2) is 39.6 Å². The Hall–Kier alpha value is -3.60. The molecule has 1 fully saturated rings. The maximum Gasteiger partial charge on any atom is 0.281 e. The van der Waals surface area contributed by atoms with E-state index in [1.807, 2.05) is 0 Å². The fourth-order valence-electron chi connectivity index (χ4n) is 4.56. The first kappa shape index (κ1) is 27.0. The van der Waals surface area contributed by atoms with Crippen molar-refractivity contribution in [3.63, 3.8) is 0 Å². The van der Waals surface area contributed by atoms with E-state index in [-0.39, 0.29) is 47.0 Å². The van der Waals surface area contributed by atoms with Crippen LogP contribution in [0.4, 0.5) is 27.9 Å². The molecule has 5 rings (SSSR count). The second kappa shape index (κ2) is 9.86. The number of anilines is 1. The van der Waals surface area contributed by atoms with Gasteiger partial charge in [-0.15, -0.1) is 10.2 Å². The van der Waals surface area contributed by atoms with Gasteiger partial charge in [-0.3, -0.25) is 0 Å². The molecule has 0 amide bonds. The van der Waals surface area contributed by atoms with Crippen LogP contribution in [-0.2, 0) is 10.0 Å². The highest BCUT2D eigenvalue weighted by atomic mass is 32.2. The van der Waals surface area contributed by atoms with Gasteiger partial charge in [0.2, 0.25) is 21.9 Å². The van der Waals surface area contributed by atoms with Crippen molar-refractivity contribution in [1.29, 1.82) is 0 Å². The number of hydrogen-bond donors (Lipinski definition) is 1. The van der Waals surface area contributed by atoms with E-state index in [0.717, 1.165) is 21.6 Å². The lowest BCUT2D eigenvalue weighted by atomic mass is 10.0. The third-order valence-corrected chi connectivity index (χ3v) is 7.79. The van der Waals surface area contributed by atoms with Crippen LogP contribution in [0.25, 0.3) is 27.7 Å². The Balaban J connectivity index is 1.53. The molecular weight excluding hydrogens is 551 g/mol. The van der Waals surface area contributed by atoms with Crippen LogP contribution in [0, 0.1) is 5.82 Å². The number of piperidine rings is 1. The van der Waals surface area contributed by atoms with Gasteiger partial charge in [-0.05, 0) is 24.1 Å². The maximum atomic E-state index is 15.3. The maximum absolute atomic E-state index is 15.3. The predicted octanol–water partition coefficient (Wildman–Crippen LogP) is 2.85. The molecule has 210 valence electrons. The van der Waals surface area contributed by atoms with E-state index in [1.54, 1.807) is 0 Å². The summed E-state index contributed by atoms with van der Waals surface area (Å²) >= 11 is 0. The molecule has 1 atom stereocenters. The summed E-state index contributed by atoms with van der Waals surface area (Å²) < 4.78 is 103. The van der Waals surface area contributed by atoms with Crippen molar-refractivity contribution in [3.05, 3.63) is 30.2 Å². The Morgan fingerprint density at radius 3 is 2.64 bits per heavy atom. The zero-order chi connectivity index (χ0) is 28.1. The summed E-state index contributed by atoms with van der Waals surface area (Å²) in [6.07, 6.45) is 1.64. The number of sulfonamides is 1. The number of alkyl halides is 4. The van der Waals surface area contributed by atoms with Crippen molar-refractivity contribution in [2.75, 3.05) is 45.1 Å². The fourth-order valence-corrected chi connectivity index (χ4v) is 5.40. The predicted molar refractivity (Wildman–Crippen MR) is 130 cm³/mol. The van der Waals surface area contributed by atoms with E-state index < -0.39 is 53.7 Å². The van der Waals surface area contributed by atoms with Crippen LogP contribution in [0.3, 0.4) is 0 Å². The molecule has 1 saturated heterocycles. The molecule has 4 heterocycles. The normalized spacial score (nSPS) is 18.3. The van der Waals surface area contributed by atoms with Crippen molar-refractivity contribution >= 4 is 32.5 Å². The summed E-state index contributed by atoms with van der Waals surface area (Å²) in [6, 6.07) is 1.81. The Bertz CT molecular complexity index is 1640. The summed E-state index contributed by atoms with van der Waals surface area (Å²) in [5.74, 6) is -4.62. The largest absolute Gasteiger partial charge is 0.479 e. The molecular formula is C22H23F5N8O3S. The standard InChI is InChI=1S/C22H23F5N8O3S/c1-38-20-19-18(12-3-4-15-16(7-12)35(32-30-15)13(8-23)9-24)14(25)10-34(19)31-21(29-20)28-17-5-6-33(39(2,36)37)11-22(17,26)27/h3-4,7,10,13,17H,5-6,8-9,11H2,1-2H3,(H,28,31). The van der Waals surface area contributed by atoms with Crippen molar-refractivity contribution in [1.82, 2.24) is 33.9 Å². The molecule has 0 saturated carbocycles. The van der Waals surface area contributed by atoms with Crippen LogP contribution in [-0.4, -0.2) is 94.1 Å². The number of hydrogen-bond acceptors (Lipinski definition) is 8. The van der Waals surface area contributed by atoms with Crippen molar-refractivity contribution < 1.29 is 35.1 Å². The van der Waals surface area contributed by atoms with Crippen molar-refractivity contribution in [2.24, 2.45) is 0 Å². The van der Waals surface area contributed by atoms with Crippen LogP contribution in [0.2, 0.25) is 0 Å². The highest BCUT2D eigenvalue weighted by molar-refractivity contribution is 7.88. The molecule has 0 bridgehead atoms. The zero-order valence-corrected chi connectivity index (χ0v) is 21.5. The number of benzene rings is 1. The zero-order valence-electron chi connectivity index (χ0n) is 20.7. The number of methoxy groups -OCH3 is 1. The topological polar surface area (TPSA) is 120 Å². The highest BCUT2D eigenvalue weighted by Gasteiger charge is 2.47. The van der Waals surface area contributed by atoms with E-state index >= 15 is 4.39 Å². The quantitative estimate of drug-likeness (QED) is 0.319. The number of nitrogens with one attached hydrogen (secondary N) is 1. The smallest absolute Gasteiger partial charge is 0.281 e. The molecule has 1 unspecified atom stereocenters. The Labute approximate surface area is 218 Å². The molecule has 17 heteroatoms. The Morgan fingerprint density at radius 2 is 2.00 bits per heavy atom. The summed E-state index contributed by atoms with van der Waals surface area (Å²) in [7, 11) is -2.54. The van der Waals surface area contributed by atoms with Gasteiger partial charge in [0.1, 0.15) is 30.4 Å². The fraction of sp³-hybridized carbons (Fsp3) is 0.455. The first-order valence-electron chi connectivity index (χ1n) is 11.7. The molecule has 0 spiro atoms. The summed E-state index contributed by atoms with van der Waals surface area (Å²) in [4.78, 5) is 4.14. The molecule has 1 aromatic carbocycles. The third-order valence-electron chi connectivity index (χ3n) is 6.54. The number of ether oxygens (including phenoxy) is 1. The number of rotatable bonds is 8. The SMILES string of the molecule is COc1nc(NC2CCN(S(C)(=O)=O)CC2(F)F)nn2cc(F)c(-c3ccc4nnn(C(CF)CF)c4c3)c12. The van der Waals surface area contributed by atoms with Gasteiger partial charge >= 0.3 is 0 Å².